The lowest BCUT2D eigenvalue weighted by Gasteiger charge is -2.25. The molecule has 0 radical (unpaired) electrons. The summed E-state index contributed by atoms with van der Waals surface area (Å²) in [5.74, 6) is -1.01. The van der Waals surface area contributed by atoms with Crippen molar-refractivity contribution in [2.24, 2.45) is 11.8 Å². The first-order valence-electron chi connectivity index (χ1n) is 10.4. The van der Waals surface area contributed by atoms with Gasteiger partial charge in [-0.15, -0.1) is 0 Å². The molecule has 28 heavy (non-hydrogen) atoms. The van der Waals surface area contributed by atoms with Gasteiger partial charge in [0, 0.05) is 25.3 Å². The fraction of sp³-hybridized carbons (Fsp3) is 0.591. The summed E-state index contributed by atoms with van der Waals surface area (Å²) in [7, 11) is 0. The number of likely N-dealkylation sites (N-methyl/N-ethyl adjacent to an activating group) is 1. The van der Waals surface area contributed by atoms with Crippen molar-refractivity contribution < 1.29 is 14.4 Å². The summed E-state index contributed by atoms with van der Waals surface area (Å²) in [6.45, 7) is 7.76. The first-order chi connectivity index (χ1) is 13.4. The van der Waals surface area contributed by atoms with Crippen LogP contribution in [-0.4, -0.2) is 48.3 Å². The highest BCUT2D eigenvalue weighted by molar-refractivity contribution is 6.08. The first-order valence-corrected chi connectivity index (χ1v) is 10.4. The van der Waals surface area contributed by atoms with Gasteiger partial charge >= 0.3 is 0 Å². The summed E-state index contributed by atoms with van der Waals surface area (Å²) in [5, 5.41) is 2.90. The number of imide groups is 1. The van der Waals surface area contributed by atoms with Gasteiger partial charge in [-0.3, -0.25) is 19.3 Å². The second-order valence-electron chi connectivity index (χ2n) is 7.93. The Balaban J connectivity index is 1.55. The van der Waals surface area contributed by atoms with Crippen molar-refractivity contribution in [1.29, 1.82) is 0 Å². The van der Waals surface area contributed by atoms with Gasteiger partial charge in [-0.2, -0.15) is 0 Å². The van der Waals surface area contributed by atoms with Gasteiger partial charge < -0.3 is 10.2 Å². The number of hydrogen-bond acceptors (Lipinski definition) is 4. The molecule has 2 aliphatic rings. The summed E-state index contributed by atoms with van der Waals surface area (Å²) in [6.07, 6.45) is 3.50. The van der Waals surface area contributed by atoms with Gasteiger partial charge in [-0.05, 0) is 51.3 Å². The molecule has 1 aromatic carbocycles. The van der Waals surface area contributed by atoms with Gasteiger partial charge in [0.1, 0.15) is 6.04 Å². The second kappa shape index (κ2) is 8.76. The molecule has 3 atom stereocenters. The van der Waals surface area contributed by atoms with Crippen molar-refractivity contribution in [2.45, 2.75) is 52.5 Å². The van der Waals surface area contributed by atoms with E-state index >= 15 is 0 Å². The average Bonchev–Trinajstić information content (AvgIpc) is 2.95. The van der Waals surface area contributed by atoms with Crippen molar-refractivity contribution in [1.82, 2.24) is 10.2 Å². The SMILES string of the molecule is CCN(CCNC(=O)C(C)N1C(=O)C2CCCCC2C1=O)c1cccc(C)c1. The lowest BCUT2D eigenvalue weighted by molar-refractivity contribution is -0.147. The van der Waals surface area contributed by atoms with Crippen LogP contribution in [0.4, 0.5) is 5.69 Å². The van der Waals surface area contributed by atoms with Crippen molar-refractivity contribution in [3.8, 4) is 0 Å². The fourth-order valence-corrected chi connectivity index (χ4v) is 4.44. The highest BCUT2D eigenvalue weighted by Gasteiger charge is 2.50. The molecule has 3 rings (SSSR count). The number of rotatable bonds is 7. The maximum atomic E-state index is 12.7. The van der Waals surface area contributed by atoms with Crippen LogP contribution in [0.1, 0.15) is 45.1 Å². The molecule has 1 saturated carbocycles. The summed E-state index contributed by atoms with van der Waals surface area (Å²) >= 11 is 0. The Morgan fingerprint density at radius 1 is 1.21 bits per heavy atom. The third-order valence-corrected chi connectivity index (χ3v) is 6.07. The van der Waals surface area contributed by atoms with Gasteiger partial charge in [0.25, 0.3) is 0 Å². The Morgan fingerprint density at radius 3 is 2.43 bits per heavy atom. The lowest BCUT2D eigenvalue weighted by atomic mass is 9.81. The smallest absolute Gasteiger partial charge is 0.243 e. The predicted molar refractivity (Wildman–Crippen MR) is 109 cm³/mol. The fourth-order valence-electron chi connectivity index (χ4n) is 4.44. The van der Waals surface area contributed by atoms with Gasteiger partial charge in [-0.1, -0.05) is 25.0 Å². The van der Waals surface area contributed by atoms with Crippen LogP contribution in [0, 0.1) is 18.8 Å². The van der Waals surface area contributed by atoms with Crippen molar-refractivity contribution >= 4 is 23.4 Å². The van der Waals surface area contributed by atoms with Crippen LogP contribution in [0.3, 0.4) is 0 Å². The normalized spacial score (nSPS) is 22.8. The standard InChI is InChI=1S/C22H31N3O3/c1-4-24(17-9-7-8-15(2)14-17)13-12-23-20(26)16(3)25-21(27)18-10-5-6-11-19(18)22(25)28/h7-9,14,16,18-19H,4-6,10-13H2,1-3H3,(H,23,26). The molecule has 0 aromatic heterocycles. The maximum Gasteiger partial charge on any atom is 0.243 e. The molecule has 1 saturated heterocycles. The third-order valence-electron chi connectivity index (χ3n) is 6.07. The van der Waals surface area contributed by atoms with Crippen LogP contribution >= 0.6 is 0 Å². The number of amides is 3. The number of nitrogens with zero attached hydrogens (tertiary/aromatic N) is 2. The average molecular weight is 386 g/mol. The van der Waals surface area contributed by atoms with E-state index in [2.05, 4.69) is 42.3 Å². The number of nitrogens with one attached hydrogen (secondary N) is 1. The van der Waals surface area contributed by atoms with Crippen molar-refractivity contribution in [3.05, 3.63) is 29.8 Å². The first kappa shape index (κ1) is 20.4. The number of benzene rings is 1. The summed E-state index contributed by atoms with van der Waals surface area (Å²) in [5.41, 5.74) is 2.32. The number of anilines is 1. The molecule has 0 spiro atoms. The zero-order valence-corrected chi connectivity index (χ0v) is 17.1. The van der Waals surface area contributed by atoms with Crippen LogP contribution < -0.4 is 10.2 Å². The topological polar surface area (TPSA) is 69.7 Å². The van der Waals surface area contributed by atoms with E-state index in [1.165, 1.54) is 10.5 Å². The molecular formula is C22H31N3O3. The summed E-state index contributed by atoms with van der Waals surface area (Å²) in [6, 6.07) is 7.52. The molecule has 0 bridgehead atoms. The summed E-state index contributed by atoms with van der Waals surface area (Å²) < 4.78 is 0. The largest absolute Gasteiger partial charge is 0.370 e. The number of aryl methyl sites for hydroxylation is 1. The van der Waals surface area contributed by atoms with E-state index in [1.807, 2.05) is 6.07 Å². The van der Waals surface area contributed by atoms with Crippen LogP contribution in [0.15, 0.2) is 24.3 Å². The molecule has 152 valence electrons. The minimum atomic E-state index is -0.750. The molecule has 1 N–H and O–H groups in total. The molecule has 1 aromatic rings. The van der Waals surface area contributed by atoms with E-state index in [0.717, 1.165) is 37.9 Å². The predicted octanol–water partition coefficient (Wildman–Crippen LogP) is 2.50. The zero-order chi connectivity index (χ0) is 20.3. The maximum absolute atomic E-state index is 12.7. The number of carbonyl (C=O) groups excluding carboxylic acids is 3. The highest BCUT2D eigenvalue weighted by atomic mass is 16.2. The van der Waals surface area contributed by atoms with E-state index < -0.39 is 6.04 Å². The van der Waals surface area contributed by atoms with E-state index in [0.29, 0.717) is 13.1 Å². The molecule has 6 nitrogen and oxygen atoms in total. The Kier molecular flexibility index (Phi) is 6.37. The summed E-state index contributed by atoms with van der Waals surface area (Å²) in [4.78, 5) is 41.3. The molecule has 2 fully saturated rings. The molecular weight excluding hydrogens is 354 g/mol. The zero-order valence-electron chi connectivity index (χ0n) is 17.1. The van der Waals surface area contributed by atoms with Crippen LogP contribution in [0.5, 0.6) is 0 Å². The number of fused-ring (bicyclic) bond motifs is 1. The van der Waals surface area contributed by atoms with Crippen LogP contribution in [-0.2, 0) is 14.4 Å². The molecule has 6 heteroatoms. The van der Waals surface area contributed by atoms with E-state index in [1.54, 1.807) is 6.92 Å². The van der Waals surface area contributed by atoms with E-state index in [-0.39, 0.29) is 29.6 Å². The van der Waals surface area contributed by atoms with Gasteiger partial charge in [-0.25, -0.2) is 0 Å². The minimum absolute atomic E-state index is 0.160. The Labute approximate surface area is 167 Å². The second-order valence-corrected chi connectivity index (χ2v) is 7.93. The minimum Gasteiger partial charge on any atom is -0.370 e. The van der Waals surface area contributed by atoms with Crippen molar-refractivity contribution in [3.63, 3.8) is 0 Å². The van der Waals surface area contributed by atoms with E-state index in [4.69, 9.17) is 0 Å². The van der Waals surface area contributed by atoms with E-state index in [9.17, 15) is 14.4 Å². The molecule has 3 unspecified atom stereocenters. The number of likely N-dealkylation sites (tertiary alicyclic amines) is 1. The van der Waals surface area contributed by atoms with Crippen LogP contribution in [0.25, 0.3) is 0 Å². The Hall–Kier alpha value is -2.37. The lowest BCUT2D eigenvalue weighted by Crippen LogP contribution is -2.49. The Bertz CT molecular complexity index is 724. The van der Waals surface area contributed by atoms with Gasteiger partial charge in [0.05, 0.1) is 11.8 Å². The van der Waals surface area contributed by atoms with Gasteiger partial charge in [0.15, 0.2) is 0 Å². The molecule has 1 aliphatic heterocycles. The monoisotopic (exact) mass is 385 g/mol. The molecule has 1 aliphatic carbocycles. The third kappa shape index (κ3) is 4.05. The van der Waals surface area contributed by atoms with Gasteiger partial charge in [0.2, 0.25) is 17.7 Å². The number of carbonyl (C=O) groups is 3. The molecule has 1 heterocycles. The quantitative estimate of drug-likeness (QED) is 0.732. The molecule has 3 amide bonds. The Morgan fingerprint density at radius 2 is 1.86 bits per heavy atom. The van der Waals surface area contributed by atoms with Crippen LogP contribution in [0.2, 0.25) is 0 Å². The highest BCUT2D eigenvalue weighted by Crippen LogP contribution is 2.38. The number of hydrogen-bond donors (Lipinski definition) is 1. The van der Waals surface area contributed by atoms with Crippen molar-refractivity contribution in [2.75, 3.05) is 24.5 Å².